The Morgan fingerprint density at radius 2 is 2.05 bits per heavy atom. The van der Waals surface area contributed by atoms with E-state index in [4.69, 9.17) is 0 Å². The summed E-state index contributed by atoms with van der Waals surface area (Å²) in [7, 11) is 1.79. The zero-order valence-electron chi connectivity index (χ0n) is 13.1. The highest BCUT2D eigenvalue weighted by Gasteiger charge is 2.31. The molecule has 1 aromatic carbocycles. The maximum Gasteiger partial charge on any atom is 0.269 e. The minimum atomic E-state index is -0.0431. The summed E-state index contributed by atoms with van der Waals surface area (Å²) in [5.74, 6) is 0.402. The average Bonchev–Trinajstić information content (AvgIpc) is 3.06. The van der Waals surface area contributed by atoms with E-state index in [0.717, 1.165) is 19.6 Å². The van der Waals surface area contributed by atoms with E-state index in [1.165, 1.54) is 5.56 Å². The van der Waals surface area contributed by atoms with Gasteiger partial charge in [-0.05, 0) is 17.5 Å². The van der Waals surface area contributed by atoms with Gasteiger partial charge in [-0.2, -0.15) is 5.10 Å². The van der Waals surface area contributed by atoms with Crippen molar-refractivity contribution in [3.8, 4) is 0 Å². The number of aryl methyl sites for hydroxylation is 1. The van der Waals surface area contributed by atoms with Gasteiger partial charge in [-0.15, -0.1) is 0 Å². The Balaban J connectivity index is 1.59. The maximum atomic E-state index is 12.3. The lowest BCUT2D eigenvalue weighted by molar-refractivity contribution is 0.0922. The predicted octanol–water partition coefficient (Wildman–Crippen LogP) is 1.67. The van der Waals surface area contributed by atoms with Crippen LogP contribution in [0.5, 0.6) is 0 Å². The van der Waals surface area contributed by atoms with Crippen molar-refractivity contribution >= 4 is 5.91 Å². The zero-order chi connectivity index (χ0) is 15.5. The van der Waals surface area contributed by atoms with Gasteiger partial charge in [-0.3, -0.25) is 14.4 Å². The monoisotopic (exact) mass is 298 g/mol. The van der Waals surface area contributed by atoms with Crippen LogP contribution in [0.3, 0.4) is 0 Å². The van der Waals surface area contributed by atoms with Crippen LogP contribution in [-0.4, -0.2) is 39.7 Å². The summed E-state index contributed by atoms with van der Waals surface area (Å²) in [4.78, 5) is 14.7. The standard InChI is InChI=1S/C17H22N4O/c1-13-10-21(11-14-6-4-3-5-7-14)12-15(13)19-17(22)16-8-9-18-20(16)2/h3-9,13,15H,10-12H2,1-2H3,(H,19,22)/t13-,15-/m0/s1. The first kappa shape index (κ1) is 14.8. The highest BCUT2D eigenvalue weighted by molar-refractivity contribution is 5.92. The third kappa shape index (κ3) is 3.20. The summed E-state index contributed by atoms with van der Waals surface area (Å²) in [6.07, 6.45) is 1.65. The second kappa shape index (κ2) is 6.32. The van der Waals surface area contributed by atoms with E-state index in [-0.39, 0.29) is 11.9 Å². The van der Waals surface area contributed by atoms with Crippen LogP contribution in [0.1, 0.15) is 23.0 Å². The summed E-state index contributed by atoms with van der Waals surface area (Å²) in [5.41, 5.74) is 1.92. The van der Waals surface area contributed by atoms with Crippen molar-refractivity contribution in [3.05, 3.63) is 53.9 Å². The molecular formula is C17H22N4O. The number of amides is 1. The van der Waals surface area contributed by atoms with E-state index in [2.05, 4.69) is 46.5 Å². The van der Waals surface area contributed by atoms with E-state index < -0.39 is 0 Å². The Morgan fingerprint density at radius 3 is 2.73 bits per heavy atom. The molecule has 0 bridgehead atoms. The van der Waals surface area contributed by atoms with Crippen molar-refractivity contribution in [1.29, 1.82) is 0 Å². The van der Waals surface area contributed by atoms with Crippen LogP contribution in [0.2, 0.25) is 0 Å². The third-order valence-electron chi connectivity index (χ3n) is 4.31. The zero-order valence-corrected chi connectivity index (χ0v) is 13.1. The molecule has 1 amide bonds. The molecule has 5 heteroatoms. The Hall–Kier alpha value is -2.14. The fraction of sp³-hybridized carbons (Fsp3) is 0.412. The number of aromatic nitrogens is 2. The molecule has 1 N–H and O–H groups in total. The van der Waals surface area contributed by atoms with Crippen molar-refractivity contribution in [2.45, 2.75) is 19.5 Å². The van der Waals surface area contributed by atoms with E-state index in [1.807, 2.05) is 6.07 Å². The quantitative estimate of drug-likeness (QED) is 0.934. The van der Waals surface area contributed by atoms with E-state index in [9.17, 15) is 4.79 Å². The molecule has 1 saturated heterocycles. The van der Waals surface area contributed by atoms with Crippen LogP contribution < -0.4 is 5.32 Å². The first-order valence-corrected chi connectivity index (χ1v) is 7.68. The molecule has 116 valence electrons. The molecule has 1 aliphatic heterocycles. The molecule has 2 aromatic rings. The van der Waals surface area contributed by atoms with Crippen LogP contribution >= 0.6 is 0 Å². The molecule has 1 aliphatic rings. The van der Waals surface area contributed by atoms with Gasteiger partial charge >= 0.3 is 0 Å². The lowest BCUT2D eigenvalue weighted by Gasteiger charge is -2.17. The van der Waals surface area contributed by atoms with Crippen LogP contribution in [0.25, 0.3) is 0 Å². The molecular weight excluding hydrogens is 276 g/mol. The molecule has 1 aromatic heterocycles. The third-order valence-corrected chi connectivity index (χ3v) is 4.31. The van der Waals surface area contributed by atoms with Crippen LogP contribution in [0, 0.1) is 5.92 Å². The average molecular weight is 298 g/mol. The fourth-order valence-electron chi connectivity index (χ4n) is 3.06. The topological polar surface area (TPSA) is 50.2 Å². The van der Waals surface area contributed by atoms with Crippen molar-refractivity contribution in [2.24, 2.45) is 13.0 Å². The first-order valence-electron chi connectivity index (χ1n) is 7.68. The van der Waals surface area contributed by atoms with Gasteiger partial charge < -0.3 is 5.32 Å². The van der Waals surface area contributed by atoms with Gasteiger partial charge in [0.25, 0.3) is 5.91 Å². The summed E-state index contributed by atoms with van der Waals surface area (Å²) < 4.78 is 1.61. The number of likely N-dealkylation sites (tertiary alicyclic amines) is 1. The summed E-state index contributed by atoms with van der Waals surface area (Å²) >= 11 is 0. The number of rotatable bonds is 4. The summed E-state index contributed by atoms with van der Waals surface area (Å²) in [5, 5.41) is 7.19. The lowest BCUT2D eigenvalue weighted by Crippen LogP contribution is -2.40. The number of nitrogens with one attached hydrogen (secondary N) is 1. The SMILES string of the molecule is C[C@H]1CN(Cc2ccccc2)C[C@@H]1NC(=O)c1ccnn1C. The van der Waals surface area contributed by atoms with E-state index in [0.29, 0.717) is 11.6 Å². The van der Waals surface area contributed by atoms with Gasteiger partial charge in [0.15, 0.2) is 0 Å². The van der Waals surface area contributed by atoms with Gasteiger partial charge in [-0.1, -0.05) is 37.3 Å². The number of hydrogen-bond acceptors (Lipinski definition) is 3. The predicted molar refractivity (Wildman–Crippen MR) is 85.3 cm³/mol. The first-order chi connectivity index (χ1) is 10.6. The molecule has 0 aliphatic carbocycles. The minimum absolute atomic E-state index is 0.0431. The maximum absolute atomic E-state index is 12.3. The Labute approximate surface area is 130 Å². The van der Waals surface area contributed by atoms with Gasteiger partial charge in [0.2, 0.25) is 0 Å². The molecule has 22 heavy (non-hydrogen) atoms. The molecule has 1 fully saturated rings. The number of carbonyl (C=O) groups excluding carboxylic acids is 1. The number of nitrogens with zero attached hydrogens (tertiary/aromatic N) is 3. The van der Waals surface area contributed by atoms with Crippen molar-refractivity contribution in [2.75, 3.05) is 13.1 Å². The fourth-order valence-corrected chi connectivity index (χ4v) is 3.06. The summed E-state index contributed by atoms with van der Waals surface area (Å²) in [6, 6.07) is 12.4. The van der Waals surface area contributed by atoms with Crippen LogP contribution in [-0.2, 0) is 13.6 Å². The second-order valence-electron chi connectivity index (χ2n) is 6.08. The molecule has 2 atom stereocenters. The van der Waals surface area contributed by atoms with Crippen molar-refractivity contribution in [1.82, 2.24) is 20.0 Å². The summed E-state index contributed by atoms with van der Waals surface area (Å²) in [6.45, 7) is 5.02. The number of carbonyl (C=O) groups is 1. The van der Waals surface area contributed by atoms with Crippen LogP contribution in [0.15, 0.2) is 42.6 Å². The van der Waals surface area contributed by atoms with Crippen LogP contribution in [0.4, 0.5) is 0 Å². The number of benzene rings is 1. The Morgan fingerprint density at radius 1 is 1.27 bits per heavy atom. The van der Waals surface area contributed by atoms with Gasteiger partial charge in [0, 0.05) is 38.9 Å². The Bertz CT molecular complexity index is 637. The molecule has 0 unspecified atom stereocenters. The van der Waals surface area contributed by atoms with Crippen molar-refractivity contribution in [3.63, 3.8) is 0 Å². The second-order valence-corrected chi connectivity index (χ2v) is 6.08. The number of hydrogen-bond donors (Lipinski definition) is 1. The van der Waals surface area contributed by atoms with Crippen molar-refractivity contribution < 1.29 is 4.79 Å². The normalized spacial score (nSPS) is 21.9. The van der Waals surface area contributed by atoms with Gasteiger partial charge in [0.05, 0.1) is 0 Å². The Kier molecular flexibility index (Phi) is 4.24. The molecule has 5 nitrogen and oxygen atoms in total. The highest BCUT2D eigenvalue weighted by Crippen LogP contribution is 2.19. The van der Waals surface area contributed by atoms with Gasteiger partial charge in [-0.25, -0.2) is 0 Å². The minimum Gasteiger partial charge on any atom is -0.346 e. The van der Waals surface area contributed by atoms with E-state index in [1.54, 1.807) is 24.0 Å². The lowest BCUT2D eigenvalue weighted by atomic mass is 10.1. The molecule has 2 heterocycles. The highest BCUT2D eigenvalue weighted by atomic mass is 16.2. The largest absolute Gasteiger partial charge is 0.346 e. The molecule has 3 rings (SSSR count). The van der Waals surface area contributed by atoms with E-state index >= 15 is 0 Å². The molecule has 0 spiro atoms. The smallest absolute Gasteiger partial charge is 0.269 e. The van der Waals surface area contributed by atoms with Gasteiger partial charge in [0.1, 0.15) is 5.69 Å². The molecule has 0 saturated carbocycles. The molecule has 0 radical (unpaired) electrons.